The zero-order chi connectivity index (χ0) is 28.8. The molecule has 1 aliphatic heterocycles. The van der Waals surface area contributed by atoms with Gasteiger partial charge in [0.2, 0.25) is 0 Å². The van der Waals surface area contributed by atoms with Gasteiger partial charge in [-0.2, -0.15) is 0 Å². The fourth-order valence-electron chi connectivity index (χ4n) is 5.64. The lowest BCUT2D eigenvalue weighted by molar-refractivity contribution is -0.157. The van der Waals surface area contributed by atoms with Gasteiger partial charge in [-0.15, -0.1) is 0 Å². The van der Waals surface area contributed by atoms with Gasteiger partial charge in [0, 0.05) is 0 Å². The molecule has 0 saturated carbocycles. The SMILES string of the molecule is CCCCCCCCCCC/C=C/CCCC/C=C1/OC(=O)C1CCCC/C=C/CCCCCCCCCCC. The van der Waals surface area contributed by atoms with Crippen LogP contribution in [0.2, 0.25) is 0 Å². The predicted octanol–water partition coefficient (Wildman–Crippen LogP) is 13.1. The van der Waals surface area contributed by atoms with Gasteiger partial charge in [-0.05, 0) is 76.7 Å². The summed E-state index contributed by atoms with van der Waals surface area (Å²) in [4.78, 5) is 11.9. The van der Waals surface area contributed by atoms with Crippen LogP contribution >= 0.6 is 0 Å². The molecule has 40 heavy (non-hydrogen) atoms. The van der Waals surface area contributed by atoms with Crippen LogP contribution in [0.4, 0.5) is 0 Å². The van der Waals surface area contributed by atoms with Crippen LogP contribution in [0, 0.1) is 5.92 Å². The first kappa shape index (κ1) is 36.7. The highest BCUT2D eigenvalue weighted by molar-refractivity contribution is 5.82. The number of ether oxygens (including phenoxy) is 1. The Kier molecular flexibility index (Phi) is 26.8. The molecule has 1 heterocycles. The normalized spacial score (nSPS) is 16.4. The minimum absolute atomic E-state index is 0.00779. The van der Waals surface area contributed by atoms with Gasteiger partial charge in [0.25, 0.3) is 0 Å². The second-order valence-electron chi connectivity index (χ2n) is 12.3. The van der Waals surface area contributed by atoms with Crippen molar-refractivity contribution in [1.82, 2.24) is 0 Å². The molecule has 2 nitrogen and oxygen atoms in total. The van der Waals surface area contributed by atoms with Gasteiger partial charge >= 0.3 is 5.97 Å². The Morgan fingerprint density at radius 2 is 0.825 bits per heavy atom. The lowest BCUT2D eigenvalue weighted by Crippen LogP contribution is -2.32. The number of hydrogen-bond acceptors (Lipinski definition) is 2. The van der Waals surface area contributed by atoms with Crippen molar-refractivity contribution in [2.45, 2.75) is 194 Å². The molecule has 1 aliphatic rings. The van der Waals surface area contributed by atoms with Crippen LogP contribution in [-0.2, 0) is 9.53 Å². The number of cyclic esters (lactones) is 1. The quantitative estimate of drug-likeness (QED) is 0.0499. The van der Waals surface area contributed by atoms with Crippen molar-refractivity contribution in [2.75, 3.05) is 0 Å². The smallest absolute Gasteiger partial charge is 0.321 e. The number of hydrogen-bond donors (Lipinski definition) is 0. The lowest BCUT2D eigenvalue weighted by Gasteiger charge is -2.27. The lowest BCUT2D eigenvalue weighted by atomic mass is 9.94. The second-order valence-corrected chi connectivity index (χ2v) is 12.3. The summed E-state index contributed by atoms with van der Waals surface area (Å²) < 4.78 is 5.34. The Balaban J connectivity index is 1.90. The average Bonchev–Trinajstić information content (AvgIpc) is 2.96. The largest absolute Gasteiger partial charge is 0.430 e. The molecule has 1 fully saturated rings. The zero-order valence-corrected chi connectivity index (χ0v) is 27.1. The molecule has 0 bridgehead atoms. The van der Waals surface area contributed by atoms with E-state index in [2.05, 4.69) is 44.2 Å². The number of allylic oxidation sites excluding steroid dienone is 5. The van der Waals surface area contributed by atoms with Crippen LogP contribution in [0.5, 0.6) is 0 Å². The van der Waals surface area contributed by atoms with Crippen molar-refractivity contribution in [3.05, 3.63) is 36.1 Å². The minimum Gasteiger partial charge on any atom is -0.430 e. The molecule has 0 aliphatic carbocycles. The van der Waals surface area contributed by atoms with E-state index in [0.29, 0.717) is 0 Å². The summed E-state index contributed by atoms with van der Waals surface area (Å²) in [5.74, 6) is 0.987. The monoisotopic (exact) mass is 557 g/mol. The van der Waals surface area contributed by atoms with Crippen molar-refractivity contribution >= 4 is 5.97 Å². The Bertz CT molecular complexity index is 644. The Morgan fingerprint density at radius 1 is 0.475 bits per heavy atom. The molecule has 0 aromatic rings. The van der Waals surface area contributed by atoms with E-state index in [-0.39, 0.29) is 11.9 Å². The van der Waals surface area contributed by atoms with E-state index < -0.39 is 0 Å². The summed E-state index contributed by atoms with van der Waals surface area (Å²) in [5.41, 5.74) is 0. The molecule has 1 rings (SSSR count). The van der Waals surface area contributed by atoms with Gasteiger partial charge in [-0.3, -0.25) is 4.79 Å². The van der Waals surface area contributed by atoms with Gasteiger partial charge in [0.1, 0.15) is 11.7 Å². The van der Waals surface area contributed by atoms with Crippen molar-refractivity contribution in [3.63, 3.8) is 0 Å². The summed E-state index contributed by atoms with van der Waals surface area (Å²) in [6.45, 7) is 4.57. The van der Waals surface area contributed by atoms with E-state index in [4.69, 9.17) is 4.74 Å². The van der Waals surface area contributed by atoms with Crippen molar-refractivity contribution in [3.8, 4) is 0 Å². The van der Waals surface area contributed by atoms with Crippen LogP contribution in [0.15, 0.2) is 36.1 Å². The number of carbonyl (C=O) groups is 1. The molecule has 0 N–H and O–H groups in total. The molecule has 2 heteroatoms. The average molecular weight is 557 g/mol. The molecule has 1 saturated heterocycles. The van der Waals surface area contributed by atoms with E-state index in [9.17, 15) is 4.79 Å². The highest BCUT2D eigenvalue weighted by Crippen LogP contribution is 2.32. The number of rotatable bonds is 30. The number of unbranched alkanes of at least 4 members (excludes halogenated alkanes) is 23. The maximum atomic E-state index is 11.9. The van der Waals surface area contributed by atoms with Gasteiger partial charge < -0.3 is 4.74 Å². The Morgan fingerprint density at radius 3 is 1.25 bits per heavy atom. The Labute approximate surface area is 250 Å². The van der Waals surface area contributed by atoms with Crippen LogP contribution in [0.25, 0.3) is 0 Å². The van der Waals surface area contributed by atoms with Gasteiger partial charge in [-0.1, -0.05) is 147 Å². The Hall–Kier alpha value is -1.31. The third kappa shape index (κ3) is 22.4. The highest BCUT2D eigenvalue weighted by atomic mass is 16.6. The van der Waals surface area contributed by atoms with Crippen LogP contribution in [-0.4, -0.2) is 5.97 Å². The second kappa shape index (κ2) is 29.2. The molecular weight excluding hydrogens is 488 g/mol. The van der Waals surface area contributed by atoms with Crippen LogP contribution < -0.4 is 0 Å². The molecular formula is C38H68O2. The summed E-state index contributed by atoms with van der Waals surface area (Å²) >= 11 is 0. The minimum atomic E-state index is -0.00779. The predicted molar refractivity (Wildman–Crippen MR) is 177 cm³/mol. The fourth-order valence-corrected chi connectivity index (χ4v) is 5.64. The molecule has 0 aromatic heterocycles. The molecule has 0 spiro atoms. The first-order valence-corrected chi connectivity index (χ1v) is 18.0. The zero-order valence-electron chi connectivity index (χ0n) is 27.1. The van der Waals surface area contributed by atoms with Crippen LogP contribution in [0.1, 0.15) is 194 Å². The maximum Gasteiger partial charge on any atom is 0.321 e. The molecule has 0 amide bonds. The van der Waals surface area contributed by atoms with Crippen LogP contribution in [0.3, 0.4) is 0 Å². The summed E-state index contributed by atoms with van der Waals surface area (Å²) in [7, 11) is 0. The van der Waals surface area contributed by atoms with Gasteiger partial charge in [0.05, 0.1) is 0 Å². The molecule has 0 aromatic carbocycles. The van der Waals surface area contributed by atoms with Crippen molar-refractivity contribution in [1.29, 1.82) is 0 Å². The summed E-state index contributed by atoms with van der Waals surface area (Å²) in [6, 6.07) is 0. The number of esters is 1. The molecule has 0 radical (unpaired) electrons. The van der Waals surface area contributed by atoms with E-state index in [1.807, 2.05) is 0 Å². The first-order valence-electron chi connectivity index (χ1n) is 18.0. The van der Waals surface area contributed by atoms with Gasteiger partial charge in [-0.25, -0.2) is 0 Å². The molecule has 1 unspecified atom stereocenters. The number of carbonyl (C=O) groups excluding carboxylic acids is 1. The third-order valence-corrected chi connectivity index (χ3v) is 8.41. The molecule has 232 valence electrons. The topological polar surface area (TPSA) is 26.3 Å². The highest BCUT2D eigenvalue weighted by Gasteiger charge is 2.36. The van der Waals surface area contributed by atoms with E-state index in [1.54, 1.807) is 0 Å². The van der Waals surface area contributed by atoms with E-state index in [0.717, 1.165) is 31.4 Å². The van der Waals surface area contributed by atoms with Crippen molar-refractivity contribution < 1.29 is 9.53 Å². The first-order chi connectivity index (χ1) is 19.8. The van der Waals surface area contributed by atoms with E-state index >= 15 is 0 Å². The fraction of sp³-hybridized carbons (Fsp3) is 0.816. The summed E-state index contributed by atoms with van der Waals surface area (Å²) in [5, 5.41) is 0. The molecule has 1 atom stereocenters. The van der Waals surface area contributed by atoms with Crippen molar-refractivity contribution in [2.24, 2.45) is 5.92 Å². The maximum absolute atomic E-state index is 11.9. The third-order valence-electron chi connectivity index (χ3n) is 8.41. The standard InChI is InChI=1S/C38H68O2/c1-3-5-7-9-11-13-15-17-19-21-23-25-27-29-31-33-35-37-36(38(39)40-37)34-32-30-28-26-24-22-20-18-16-14-12-10-8-6-4-2/h23-26,35-36H,3-22,27-34H2,1-2H3/b25-23+,26-24+,37-35+. The van der Waals surface area contributed by atoms with Gasteiger partial charge in [0.15, 0.2) is 0 Å². The summed E-state index contributed by atoms with van der Waals surface area (Å²) in [6.07, 6.45) is 48.4. The van der Waals surface area contributed by atoms with E-state index in [1.165, 1.54) is 154 Å².